The zero-order chi connectivity index (χ0) is 21.2. The van der Waals surface area contributed by atoms with Gasteiger partial charge in [0.1, 0.15) is 0 Å². The Balaban J connectivity index is 1.66. The average Bonchev–Trinajstić information content (AvgIpc) is 3.46. The molecule has 1 N–H and O–H groups in total. The van der Waals surface area contributed by atoms with Gasteiger partial charge in [-0.25, -0.2) is 0 Å². The van der Waals surface area contributed by atoms with Crippen molar-refractivity contribution in [2.75, 3.05) is 24.8 Å². The number of ether oxygens (including phenoxy) is 1. The molecule has 4 nitrogen and oxygen atoms in total. The monoisotopic (exact) mass is 433 g/mol. The number of amides is 1. The first-order valence-corrected chi connectivity index (χ1v) is 13.5. The Morgan fingerprint density at radius 2 is 1.69 bits per heavy atom. The van der Waals surface area contributed by atoms with Gasteiger partial charge in [-0.3, -0.25) is 0 Å². The summed E-state index contributed by atoms with van der Waals surface area (Å²) in [5.41, 5.74) is 3.68. The predicted molar refractivity (Wildman–Crippen MR) is 123 cm³/mol. The van der Waals surface area contributed by atoms with Crippen LogP contribution in [0.25, 0.3) is 0 Å². The number of aryl methyl sites for hydroxylation is 2. The van der Waals surface area contributed by atoms with Gasteiger partial charge in [0, 0.05) is 0 Å². The van der Waals surface area contributed by atoms with Crippen LogP contribution in [0, 0.1) is 13.8 Å². The van der Waals surface area contributed by atoms with E-state index in [0.717, 1.165) is 35.2 Å². The van der Waals surface area contributed by atoms with E-state index in [4.69, 9.17) is 16.3 Å². The molecule has 0 radical (unpaired) electrons. The molecule has 0 atom stereocenters. The van der Waals surface area contributed by atoms with E-state index in [1.165, 1.54) is 0 Å². The molecule has 29 heavy (non-hydrogen) atoms. The molecule has 1 aliphatic rings. The van der Waals surface area contributed by atoms with Crippen LogP contribution in [0.2, 0.25) is 5.02 Å². The van der Waals surface area contributed by atoms with Crippen LogP contribution in [0.1, 0.15) is 29.5 Å². The number of hydrogen-bond donors (Lipinski definition) is 1. The van der Waals surface area contributed by atoms with Crippen molar-refractivity contribution in [2.45, 2.75) is 38.5 Å². The third-order valence-corrected chi connectivity index (χ3v) is 10.8. The molecule has 2 aromatic rings. The summed E-state index contributed by atoms with van der Waals surface area (Å²) in [7, 11) is -2.20. The standard InChI is InChI=1S/C23H29ClNO3P/c1-16-12-19(24)13-17(2)21(16)25-22(27)23(10-11-23)29(3,4)15-20(26)28-14-18-8-6-5-7-9-18/h5-9,12-13,29H,10-11,14-15H2,1-4H3,(H,25,27). The van der Waals surface area contributed by atoms with E-state index in [1.54, 1.807) is 0 Å². The number of halogens is 1. The summed E-state index contributed by atoms with van der Waals surface area (Å²) in [5, 5.41) is 3.37. The molecule has 1 amide bonds. The van der Waals surface area contributed by atoms with Gasteiger partial charge in [-0.2, -0.15) is 0 Å². The normalized spacial score (nSPS) is 15.5. The van der Waals surface area contributed by atoms with Gasteiger partial charge in [-0.1, -0.05) is 0 Å². The summed E-state index contributed by atoms with van der Waals surface area (Å²) < 4.78 is 5.49. The SMILES string of the molecule is Cc1cc(Cl)cc(C)c1NC(=O)C1([PH](C)(C)CC(=O)OCc2ccccc2)CC1. The number of esters is 1. The van der Waals surface area contributed by atoms with E-state index in [9.17, 15) is 9.59 Å². The van der Waals surface area contributed by atoms with Gasteiger partial charge in [0.25, 0.3) is 0 Å². The fourth-order valence-electron chi connectivity index (χ4n) is 4.00. The summed E-state index contributed by atoms with van der Waals surface area (Å²) in [6.45, 7) is 8.39. The van der Waals surface area contributed by atoms with Crippen molar-refractivity contribution in [1.82, 2.24) is 0 Å². The molecule has 1 aliphatic carbocycles. The molecule has 0 heterocycles. The second-order valence-corrected chi connectivity index (χ2v) is 14.2. The van der Waals surface area contributed by atoms with Gasteiger partial charge in [0.15, 0.2) is 0 Å². The number of rotatable bonds is 7. The van der Waals surface area contributed by atoms with Crippen LogP contribution in [0.4, 0.5) is 5.69 Å². The van der Waals surface area contributed by atoms with Crippen LogP contribution in [-0.2, 0) is 20.9 Å². The van der Waals surface area contributed by atoms with Crippen molar-refractivity contribution in [1.29, 1.82) is 0 Å². The fourth-order valence-corrected chi connectivity index (χ4v) is 7.64. The quantitative estimate of drug-likeness (QED) is 0.483. The Bertz CT molecular complexity index is 900. The maximum atomic E-state index is 13.2. The molecule has 0 saturated heterocycles. The summed E-state index contributed by atoms with van der Waals surface area (Å²) in [6, 6.07) is 13.4. The second-order valence-electron chi connectivity index (χ2n) is 8.66. The van der Waals surface area contributed by atoms with Crippen molar-refractivity contribution in [3.05, 3.63) is 64.2 Å². The summed E-state index contributed by atoms with van der Waals surface area (Å²) in [4.78, 5) is 25.7. The number of hydrogen-bond acceptors (Lipinski definition) is 3. The summed E-state index contributed by atoms with van der Waals surface area (Å²) in [5.74, 6) is -0.193. The zero-order valence-corrected chi connectivity index (χ0v) is 19.2. The van der Waals surface area contributed by atoms with E-state index in [1.807, 2.05) is 56.3 Å². The predicted octanol–water partition coefficient (Wildman–Crippen LogP) is 5.18. The van der Waals surface area contributed by atoms with E-state index in [0.29, 0.717) is 11.2 Å². The summed E-state index contributed by atoms with van der Waals surface area (Å²) >= 11 is 6.11. The molecule has 1 saturated carbocycles. The average molecular weight is 434 g/mol. The second kappa shape index (κ2) is 8.45. The maximum absolute atomic E-state index is 13.2. The fraction of sp³-hybridized carbons (Fsp3) is 0.391. The van der Waals surface area contributed by atoms with Crippen LogP contribution in [0.5, 0.6) is 0 Å². The van der Waals surface area contributed by atoms with Gasteiger partial charge in [-0.15, -0.1) is 0 Å². The molecule has 0 aliphatic heterocycles. The first-order valence-electron chi connectivity index (χ1n) is 9.92. The van der Waals surface area contributed by atoms with E-state index >= 15 is 0 Å². The number of carbonyl (C=O) groups is 2. The molecule has 156 valence electrons. The van der Waals surface area contributed by atoms with Crippen LogP contribution < -0.4 is 5.32 Å². The van der Waals surface area contributed by atoms with Gasteiger partial charge in [-0.05, 0) is 0 Å². The van der Waals surface area contributed by atoms with E-state index in [2.05, 4.69) is 18.6 Å². The first kappa shape index (κ1) is 21.8. The number of anilines is 1. The van der Waals surface area contributed by atoms with Crippen LogP contribution >= 0.6 is 18.9 Å². The van der Waals surface area contributed by atoms with Gasteiger partial charge < -0.3 is 0 Å². The third kappa shape index (κ3) is 4.82. The van der Waals surface area contributed by atoms with Gasteiger partial charge in [0.2, 0.25) is 0 Å². The van der Waals surface area contributed by atoms with Crippen LogP contribution in [0.15, 0.2) is 42.5 Å². The molecular formula is C23H29ClNO3P. The summed E-state index contributed by atoms with van der Waals surface area (Å²) in [6.07, 6.45) is 2.00. The molecule has 0 spiro atoms. The number of nitrogens with one attached hydrogen (secondary N) is 1. The van der Waals surface area contributed by atoms with Crippen molar-refractivity contribution < 1.29 is 14.3 Å². The molecule has 1 fully saturated rings. The molecular weight excluding hydrogens is 405 g/mol. The van der Waals surface area contributed by atoms with E-state index < -0.39 is 12.4 Å². The third-order valence-electron chi connectivity index (χ3n) is 6.05. The molecule has 0 bridgehead atoms. The number of benzene rings is 2. The van der Waals surface area contributed by atoms with Crippen molar-refractivity contribution in [2.24, 2.45) is 0 Å². The van der Waals surface area contributed by atoms with Crippen molar-refractivity contribution in [3.8, 4) is 0 Å². The van der Waals surface area contributed by atoms with Crippen molar-refractivity contribution >= 4 is 36.4 Å². The minimum absolute atomic E-state index is 0.0264. The Morgan fingerprint density at radius 1 is 1.10 bits per heavy atom. The molecule has 6 heteroatoms. The Labute approximate surface area is 178 Å². The Morgan fingerprint density at radius 3 is 2.24 bits per heavy atom. The Kier molecular flexibility index (Phi) is 6.36. The minimum atomic E-state index is -2.20. The number of carbonyl (C=O) groups excluding carboxylic acids is 2. The Hall–Kier alpha value is -1.90. The zero-order valence-electron chi connectivity index (χ0n) is 17.5. The first-order chi connectivity index (χ1) is 13.6. The molecule has 0 unspecified atom stereocenters. The molecule has 2 aromatic carbocycles. The van der Waals surface area contributed by atoms with Crippen molar-refractivity contribution in [3.63, 3.8) is 0 Å². The van der Waals surface area contributed by atoms with Crippen LogP contribution in [-0.4, -0.2) is 36.5 Å². The van der Waals surface area contributed by atoms with E-state index in [-0.39, 0.29) is 18.5 Å². The topological polar surface area (TPSA) is 55.4 Å². The van der Waals surface area contributed by atoms with Gasteiger partial charge >= 0.3 is 178 Å². The van der Waals surface area contributed by atoms with Crippen LogP contribution in [0.3, 0.4) is 0 Å². The molecule has 0 aromatic heterocycles. The van der Waals surface area contributed by atoms with Gasteiger partial charge in [0.05, 0.1) is 0 Å². The molecule has 3 rings (SSSR count).